The van der Waals surface area contributed by atoms with Gasteiger partial charge in [-0.3, -0.25) is 4.79 Å². The number of hydrogen-bond donors (Lipinski definition) is 1. The molecule has 2 rings (SSSR count). The van der Waals surface area contributed by atoms with Gasteiger partial charge in [0.15, 0.2) is 0 Å². The number of piperazine rings is 1. The minimum absolute atomic E-state index is 0.0658. The average molecular weight is 273 g/mol. The highest BCUT2D eigenvalue weighted by atomic mass is 32.2. The van der Waals surface area contributed by atoms with Gasteiger partial charge in [-0.2, -0.15) is 12.7 Å². The summed E-state index contributed by atoms with van der Waals surface area (Å²) >= 11 is 0. The van der Waals surface area contributed by atoms with Gasteiger partial charge < -0.3 is 4.90 Å². The monoisotopic (exact) mass is 273 g/mol. The van der Waals surface area contributed by atoms with Gasteiger partial charge in [-0.05, 0) is 19.3 Å². The van der Waals surface area contributed by atoms with E-state index in [4.69, 9.17) is 5.14 Å². The molecular formula is C11H19N3O3S. The van der Waals surface area contributed by atoms with Crippen molar-refractivity contribution in [3.05, 3.63) is 12.2 Å². The smallest absolute Gasteiger partial charge is 0.277 e. The first-order chi connectivity index (χ1) is 8.48. The first-order valence-electron chi connectivity index (χ1n) is 6.20. The summed E-state index contributed by atoms with van der Waals surface area (Å²) in [6.07, 6.45) is 6.79. The third kappa shape index (κ3) is 3.09. The van der Waals surface area contributed by atoms with Crippen LogP contribution in [0.1, 0.15) is 19.3 Å². The Labute approximate surface area is 108 Å². The molecule has 1 unspecified atom stereocenters. The zero-order valence-electron chi connectivity index (χ0n) is 10.3. The van der Waals surface area contributed by atoms with E-state index in [0.717, 1.165) is 19.3 Å². The Hall–Kier alpha value is -0.920. The van der Waals surface area contributed by atoms with Crippen LogP contribution in [-0.2, 0) is 15.0 Å². The van der Waals surface area contributed by atoms with Crippen molar-refractivity contribution in [2.45, 2.75) is 19.3 Å². The fraction of sp³-hybridized carbons (Fsp3) is 0.727. The Kier molecular flexibility index (Phi) is 4.04. The second-order valence-corrected chi connectivity index (χ2v) is 6.30. The van der Waals surface area contributed by atoms with Crippen LogP contribution in [0.3, 0.4) is 0 Å². The zero-order valence-corrected chi connectivity index (χ0v) is 11.1. The minimum atomic E-state index is -3.62. The number of carbonyl (C=O) groups is 1. The maximum atomic E-state index is 12.2. The normalized spacial score (nSPS) is 26.3. The quantitative estimate of drug-likeness (QED) is 0.700. The summed E-state index contributed by atoms with van der Waals surface area (Å²) in [5.41, 5.74) is 0. The molecule has 1 heterocycles. The van der Waals surface area contributed by atoms with Crippen LogP contribution in [-0.4, -0.2) is 49.7 Å². The number of allylic oxidation sites excluding steroid dienone is 2. The Morgan fingerprint density at radius 1 is 1.17 bits per heavy atom. The molecule has 2 N–H and O–H groups in total. The predicted molar refractivity (Wildman–Crippen MR) is 67.7 cm³/mol. The van der Waals surface area contributed by atoms with Crippen LogP contribution in [0.5, 0.6) is 0 Å². The molecule has 6 nitrogen and oxygen atoms in total. The van der Waals surface area contributed by atoms with Crippen molar-refractivity contribution in [2.75, 3.05) is 26.2 Å². The SMILES string of the molecule is NS(=O)(=O)N1CCN(C(=O)C2CC=CCC2)CC1. The van der Waals surface area contributed by atoms with E-state index in [0.29, 0.717) is 26.2 Å². The van der Waals surface area contributed by atoms with Crippen LogP contribution >= 0.6 is 0 Å². The van der Waals surface area contributed by atoms with Crippen molar-refractivity contribution in [1.29, 1.82) is 0 Å². The molecule has 2 aliphatic rings. The lowest BCUT2D eigenvalue weighted by Gasteiger charge is -2.35. The highest BCUT2D eigenvalue weighted by molar-refractivity contribution is 7.86. The molecule has 1 saturated heterocycles. The number of nitrogens with zero attached hydrogens (tertiary/aromatic N) is 2. The summed E-state index contributed by atoms with van der Waals surface area (Å²) in [5, 5.41) is 5.06. The van der Waals surface area contributed by atoms with Crippen LogP contribution in [0.4, 0.5) is 0 Å². The van der Waals surface area contributed by atoms with E-state index in [-0.39, 0.29) is 11.8 Å². The number of hydrogen-bond acceptors (Lipinski definition) is 3. The average Bonchev–Trinajstić information content (AvgIpc) is 2.38. The van der Waals surface area contributed by atoms with Gasteiger partial charge in [0.25, 0.3) is 10.2 Å². The molecule has 0 spiro atoms. The molecule has 7 heteroatoms. The van der Waals surface area contributed by atoms with Gasteiger partial charge in [-0.1, -0.05) is 12.2 Å². The first-order valence-corrected chi connectivity index (χ1v) is 7.70. The maximum Gasteiger partial charge on any atom is 0.277 e. The highest BCUT2D eigenvalue weighted by Gasteiger charge is 2.30. The number of rotatable bonds is 2. The number of carbonyl (C=O) groups excluding carboxylic acids is 1. The summed E-state index contributed by atoms with van der Waals surface area (Å²) in [6, 6.07) is 0. The summed E-state index contributed by atoms with van der Waals surface area (Å²) in [4.78, 5) is 14.0. The molecule has 0 bridgehead atoms. The van der Waals surface area contributed by atoms with E-state index < -0.39 is 10.2 Å². The van der Waals surface area contributed by atoms with Gasteiger partial charge in [0, 0.05) is 32.1 Å². The van der Waals surface area contributed by atoms with E-state index in [1.165, 1.54) is 4.31 Å². The number of nitrogens with two attached hydrogens (primary N) is 1. The van der Waals surface area contributed by atoms with Gasteiger partial charge in [0.2, 0.25) is 5.91 Å². The summed E-state index contributed by atoms with van der Waals surface area (Å²) in [5.74, 6) is 0.212. The minimum Gasteiger partial charge on any atom is -0.340 e. The van der Waals surface area contributed by atoms with Gasteiger partial charge in [0.1, 0.15) is 0 Å². The fourth-order valence-electron chi connectivity index (χ4n) is 2.44. The first kappa shape index (κ1) is 13.5. The van der Waals surface area contributed by atoms with Gasteiger partial charge in [-0.25, -0.2) is 5.14 Å². The summed E-state index contributed by atoms with van der Waals surface area (Å²) < 4.78 is 23.5. The standard InChI is InChI=1S/C11H19N3O3S/c12-18(16,17)14-8-6-13(7-9-14)11(15)10-4-2-1-3-5-10/h1-2,10H,3-9H2,(H2,12,16,17). The largest absolute Gasteiger partial charge is 0.340 e. The molecule has 0 radical (unpaired) electrons. The Morgan fingerprint density at radius 2 is 1.83 bits per heavy atom. The van der Waals surface area contributed by atoms with E-state index in [1.807, 2.05) is 6.08 Å². The molecule has 0 saturated carbocycles. The van der Waals surface area contributed by atoms with Crippen molar-refractivity contribution in [2.24, 2.45) is 11.1 Å². The van der Waals surface area contributed by atoms with E-state index in [1.54, 1.807) is 4.90 Å². The third-order valence-electron chi connectivity index (χ3n) is 3.53. The second kappa shape index (κ2) is 5.38. The third-order valence-corrected chi connectivity index (χ3v) is 4.61. The maximum absolute atomic E-state index is 12.2. The summed E-state index contributed by atoms with van der Waals surface area (Å²) in [6.45, 7) is 1.48. The molecule has 1 amide bonds. The van der Waals surface area contributed by atoms with Crippen LogP contribution in [0.2, 0.25) is 0 Å². The van der Waals surface area contributed by atoms with Crippen molar-refractivity contribution in [3.63, 3.8) is 0 Å². The van der Waals surface area contributed by atoms with Crippen LogP contribution in [0.15, 0.2) is 12.2 Å². The van der Waals surface area contributed by atoms with Crippen molar-refractivity contribution in [1.82, 2.24) is 9.21 Å². The van der Waals surface area contributed by atoms with Crippen LogP contribution in [0.25, 0.3) is 0 Å². The molecule has 0 aromatic heterocycles. The van der Waals surface area contributed by atoms with E-state index >= 15 is 0 Å². The zero-order chi connectivity index (χ0) is 13.2. The Morgan fingerprint density at radius 3 is 2.33 bits per heavy atom. The molecule has 1 aliphatic carbocycles. The fourth-order valence-corrected chi connectivity index (χ4v) is 3.11. The topological polar surface area (TPSA) is 83.7 Å². The molecule has 1 aliphatic heterocycles. The molecule has 18 heavy (non-hydrogen) atoms. The molecule has 0 aromatic carbocycles. The van der Waals surface area contributed by atoms with Gasteiger partial charge in [0.05, 0.1) is 0 Å². The van der Waals surface area contributed by atoms with Gasteiger partial charge >= 0.3 is 0 Å². The lowest BCUT2D eigenvalue weighted by molar-refractivity contribution is -0.137. The van der Waals surface area contributed by atoms with E-state index in [9.17, 15) is 13.2 Å². The highest BCUT2D eigenvalue weighted by Crippen LogP contribution is 2.21. The number of amides is 1. The Balaban J connectivity index is 1.89. The van der Waals surface area contributed by atoms with Crippen molar-refractivity contribution in [3.8, 4) is 0 Å². The molecule has 102 valence electrons. The molecule has 1 atom stereocenters. The van der Waals surface area contributed by atoms with Crippen molar-refractivity contribution < 1.29 is 13.2 Å². The molecule has 1 fully saturated rings. The van der Waals surface area contributed by atoms with Crippen LogP contribution in [0, 0.1) is 5.92 Å². The lowest BCUT2D eigenvalue weighted by atomic mass is 9.93. The van der Waals surface area contributed by atoms with E-state index in [2.05, 4.69) is 6.08 Å². The lowest BCUT2D eigenvalue weighted by Crippen LogP contribution is -2.53. The van der Waals surface area contributed by atoms with Crippen molar-refractivity contribution >= 4 is 16.1 Å². The van der Waals surface area contributed by atoms with Gasteiger partial charge in [-0.15, -0.1) is 0 Å². The molecule has 0 aromatic rings. The predicted octanol–water partition coefficient (Wildman–Crippen LogP) is -0.310. The molecular weight excluding hydrogens is 254 g/mol. The Bertz CT molecular complexity index is 438. The van der Waals surface area contributed by atoms with Crippen LogP contribution < -0.4 is 5.14 Å². The second-order valence-electron chi connectivity index (χ2n) is 4.75. The summed E-state index contributed by atoms with van der Waals surface area (Å²) in [7, 11) is -3.62.